The predicted octanol–water partition coefficient (Wildman–Crippen LogP) is 1.93. The summed E-state index contributed by atoms with van der Waals surface area (Å²) in [5.74, 6) is 0.518. The number of carbonyl (C=O) groups excluding carboxylic acids is 1. The maximum absolute atomic E-state index is 12.4. The van der Waals surface area contributed by atoms with Gasteiger partial charge in [-0.25, -0.2) is 0 Å². The molecule has 1 aliphatic heterocycles. The van der Waals surface area contributed by atoms with E-state index in [9.17, 15) is 4.79 Å². The fraction of sp³-hybridized carbons (Fsp3) is 0.923. The normalized spacial score (nSPS) is 19.4. The summed E-state index contributed by atoms with van der Waals surface area (Å²) in [6.07, 6.45) is 3.17. The van der Waals surface area contributed by atoms with Gasteiger partial charge in [0.2, 0.25) is 5.91 Å². The SMILES string of the molecule is CCCN(C(=O)C(S)C(C)C)C1CCNCC1. The number of piperidine rings is 1. The van der Waals surface area contributed by atoms with E-state index in [2.05, 4.69) is 43.6 Å². The number of hydrogen-bond donors (Lipinski definition) is 2. The number of nitrogens with one attached hydrogen (secondary N) is 1. The van der Waals surface area contributed by atoms with Crippen LogP contribution in [0.4, 0.5) is 0 Å². The van der Waals surface area contributed by atoms with Crippen molar-refractivity contribution in [2.24, 2.45) is 5.92 Å². The first kappa shape index (κ1) is 14.8. The van der Waals surface area contributed by atoms with Gasteiger partial charge in [-0.05, 0) is 38.3 Å². The van der Waals surface area contributed by atoms with Crippen LogP contribution in [0.3, 0.4) is 0 Å². The average molecular weight is 258 g/mol. The van der Waals surface area contributed by atoms with Gasteiger partial charge in [0, 0.05) is 12.6 Å². The van der Waals surface area contributed by atoms with E-state index in [1.54, 1.807) is 0 Å². The van der Waals surface area contributed by atoms with Gasteiger partial charge in [-0.3, -0.25) is 4.79 Å². The molecule has 1 aliphatic rings. The Labute approximate surface area is 111 Å². The summed E-state index contributed by atoms with van der Waals surface area (Å²) in [5, 5.41) is 3.19. The quantitative estimate of drug-likeness (QED) is 0.739. The summed E-state index contributed by atoms with van der Waals surface area (Å²) in [5.41, 5.74) is 0. The Kier molecular flexibility index (Phi) is 6.34. The molecule has 1 fully saturated rings. The maximum atomic E-state index is 12.4. The minimum atomic E-state index is -0.156. The fourth-order valence-corrected chi connectivity index (χ4v) is 2.44. The molecule has 0 bridgehead atoms. The molecule has 1 heterocycles. The van der Waals surface area contributed by atoms with Crippen molar-refractivity contribution in [1.29, 1.82) is 0 Å². The third-order valence-electron chi connectivity index (χ3n) is 3.38. The fourth-order valence-electron chi connectivity index (χ4n) is 2.29. The largest absolute Gasteiger partial charge is 0.339 e. The van der Waals surface area contributed by atoms with Gasteiger partial charge in [0.15, 0.2) is 0 Å². The second kappa shape index (κ2) is 7.27. The van der Waals surface area contributed by atoms with Gasteiger partial charge >= 0.3 is 0 Å². The minimum absolute atomic E-state index is 0.156. The summed E-state index contributed by atoms with van der Waals surface area (Å²) >= 11 is 4.46. The van der Waals surface area contributed by atoms with E-state index in [1.165, 1.54) is 0 Å². The van der Waals surface area contributed by atoms with Crippen LogP contribution in [0.5, 0.6) is 0 Å². The molecule has 1 unspecified atom stereocenters. The zero-order valence-corrected chi connectivity index (χ0v) is 12.2. The van der Waals surface area contributed by atoms with Crippen molar-refractivity contribution in [1.82, 2.24) is 10.2 Å². The van der Waals surface area contributed by atoms with Gasteiger partial charge in [-0.1, -0.05) is 20.8 Å². The molecule has 4 heteroatoms. The summed E-state index contributed by atoms with van der Waals surface area (Å²) in [7, 11) is 0. The van der Waals surface area contributed by atoms with Crippen LogP contribution in [0, 0.1) is 5.92 Å². The van der Waals surface area contributed by atoms with Crippen LogP contribution in [-0.4, -0.2) is 41.7 Å². The Hall–Kier alpha value is -0.220. The second-order valence-electron chi connectivity index (χ2n) is 5.20. The molecule has 0 spiro atoms. The van der Waals surface area contributed by atoms with Gasteiger partial charge in [-0.2, -0.15) is 12.6 Å². The lowest BCUT2D eigenvalue weighted by Gasteiger charge is -2.36. The molecule has 1 rings (SSSR count). The Morgan fingerprint density at radius 2 is 2.00 bits per heavy atom. The zero-order valence-electron chi connectivity index (χ0n) is 11.3. The summed E-state index contributed by atoms with van der Waals surface area (Å²) in [6, 6.07) is 0.414. The molecule has 1 amide bonds. The van der Waals surface area contributed by atoms with Crippen molar-refractivity contribution in [3.8, 4) is 0 Å². The highest BCUT2D eigenvalue weighted by Gasteiger charge is 2.29. The van der Waals surface area contributed by atoms with Crippen LogP contribution in [0.1, 0.15) is 40.0 Å². The molecular formula is C13H26N2OS. The highest BCUT2D eigenvalue weighted by Crippen LogP contribution is 2.19. The van der Waals surface area contributed by atoms with E-state index in [0.29, 0.717) is 12.0 Å². The van der Waals surface area contributed by atoms with Crippen molar-refractivity contribution in [3.05, 3.63) is 0 Å². The van der Waals surface area contributed by atoms with E-state index < -0.39 is 0 Å². The van der Waals surface area contributed by atoms with E-state index in [-0.39, 0.29) is 11.2 Å². The van der Waals surface area contributed by atoms with Gasteiger partial charge in [0.1, 0.15) is 0 Å². The molecule has 0 radical (unpaired) electrons. The van der Waals surface area contributed by atoms with Gasteiger partial charge in [-0.15, -0.1) is 0 Å². The number of amides is 1. The summed E-state index contributed by atoms with van der Waals surface area (Å²) < 4.78 is 0. The zero-order chi connectivity index (χ0) is 12.8. The molecule has 0 saturated carbocycles. The van der Waals surface area contributed by atoms with Crippen molar-refractivity contribution in [2.45, 2.75) is 51.3 Å². The standard InChI is InChI=1S/C13H26N2OS/c1-4-9-15(11-5-7-14-8-6-11)13(16)12(17)10(2)3/h10-12,14,17H,4-9H2,1-3H3. The minimum Gasteiger partial charge on any atom is -0.339 e. The molecule has 17 heavy (non-hydrogen) atoms. The van der Waals surface area contributed by atoms with Crippen molar-refractivity contribution >= 4 is 18.5 Å². The molecule has 3 nitrogen and oxygen atoms in total. The Bertz CT molecular complexity index is 240. The number of hydrogen-bond acceptors (Lipinski definition) is 3. The highest BCUT2D eigenvalue weighted by atomic mass is 32.1. The van der Waals surface area contributed by atoms with Crippen molar-refractivity contribution in [3.63, 3.8) is 0 Å². The molecule has 1 saturated heterocycles. The molecule has 0 aliphatic carbocycles. The van der Waals surface area contributed by atoms with Crippen molar-refractivity contribution < 1.29 is 4.79 Å². The average Bonchev–Trinajstić information content (AvgIpc) is 2.35. The number of carbonyl (C=O) groups is 1. The van der Waals surface area contributed by atoms with Crippen LogP contribution in [0.2, 0.25) is 0 Å². The topological polar surface area (TPSA) is 32.3 Å². The third-order valence-corrected chi connectivity index (χ3v) is 4.20. The highest BCUT2D eigenvalue weighted by molar-refractivity contribution is 7.81. The first-order chi connectivity index (χ1) is 8.07. The first-order valence-corrected chi connectivity index (χ1v) is 7.28. The Balaban J connectivity index is 2.66. The molecule has 100 valence electrons. The molecule has 0 aromatic carbocycles. The first-order valence-electron chi connectivity index (χ1n) is 6.77. The van der Waals surface area contributed by atoms with Gasteiger partial charge in [0.05, 0.1) is 5.25 Å². The lowest BCUT2D eigenvalue weighted by atomic mass is 10.0. The lowest BCUT2D eigenvalue weighted by Crippen LogP contribution is -2.49. The van der Waals surface area contributed by atoms with Crippen LogP contribution in [0.25, 0.3) is 0 Å². The molecule has 0 aromatic rings. The smallest absolute Gasteiger partial charge is 0.235 e. The van der Waals surface area contributed by atoms with E-state index in [0.717, 1.165) is 38.9 Å². The molecule has 1 atom stereocenters. The van der Waals surface area contributed by atoms with Gasteiger partial charge in [0.25, 0.3) is 0 Å². The summed E-state index contributed by atoms with van der Waals surface area (Å²) in [4.78, 5) is 14.5. The van der Waals surface area contributed by atoms with Crippen LogP contribution in [0.15, 0.2) is 0 Å². The third kappa shape index (κ3) is 4.18. The Morgan fingerprint density at radius 1 is 1.41 bits per heavy atom. The molecule has 1 N–H and O–H groups in total. The van der Waals surface area contributed by atoms with Crippen LogP contribution in [-0.2, 0) is 4.79 Å². The predicted molar refractivity (Wildman–Crippen MR) is 75.5 cm³/mol. The van der Waals surface area contributed by atoms with Crippen LogP contribution < -0.4 is 5.32 Å². The Morgan fingerprint density at radius 3 is 2.47 bits per heavy atom. The monoisotopic (exact) mass is 258 g/mol. The number of rotatable bonds is 5. The molecular weight excluding hydrogens is 232 g/mol. The van der Waals surface area contributed by atoms with Crippen LogP contribution >= 0.6 is 12.6 Å². The number of thiol groups is 1. The van der Waals surface area contributed by atoms with Crippen molar-refractivity contribution in [2.75, 3.05) is 19.6 Å². The lowest BCUT2D eigenvalue weighted by molar-refractivity contribution is -0.134. The maximum Gasteiger partial charge on any atom is 0.235 e. The van der Waals surface area contributed by atoms with Gasteiger partial charge < -0.3 is 10.2 Å². The molecule has 0 aromatic heterocycles. The van der Waals surface area contributed by atoms with E-state index in [1.807, 2.05) is 0 Å². The summed E-state index contributed by atoms with van der Waals surface area (Å²) in [6.45, 7) is 9.16. The van der Waals surface area contributed by atoms with E-state index in [4.69, 9.17) is 0 Å². The van der Waals surface area contributed by atoms with E-state index >= 15 is 0 Å². The second-order valence-corrected chi connectivity index (χ2v) is 5.76. The number of nitrogens with zero attached hydrogens (tertiary/aromatic N) is 1.